The minimum atomic E-state index is 0.188. The van der Waals surface area contributed by atoms with Crippen LogP contribution in [0.5, 0.6) is 0 Å². The Morgan fingerprint density at radius 1 is 1.13 bits per heavy atom. The van der Waals surface area contributed by atoms with Crippen LogP contribution in [0.3, 0.4) is 0 Å². The van der Waals surface area contributed by atoms with Crippen molar-refractivity contribution in [1.82, 2.24) is 4.90 Å². The fraction of sp³-hybridized carbons (Fsp3) is 0.632. The lowest BCUT2D eigenvalue weighted by Gasteiger charge is -2.34. The number of nitrogens with zero attached hydrogens (tertiary/aromatic N) is 2. The van der Waals surface area contributed by atoms with Gasteiger partial charge in [0, 0.05) is 36.9 Å². The first-order valence-corrected chi connectivity index (χ1v) is 8.92. The molecule has 2 fully saturated rings. The summed E-state index contributed by atoms with van der Waals surface area (Å²) in [5, 5.41) is 3.04. The molecule has 1 aliphatic carbocycles. The maximum absolute atomic E-state index is 12.0. The molecule has 4 heteroatoms. The van der Waals surface area contributed by atoms with Gasteiger partial charge in [0.05, 0.1) is 0 Å². The third kappa shape index (κ3) is 4.25. The number of carbonyl (C=O) groups excluding carboxylic acids is 1. The second kappa shape index (κ2) is 7.35. The normalized spacial score (nSPS) is 19.7. The fourth-order valence-corrected chi connectivity index (χ4v) is 3.56. The Morgan fingerprint density at radius 3 is 2.30 bits per heavy atom. The number of piperidine rings is 1. The van der Waals surface area contributed by atoms with E-state index in [1.807, 2.05) is 12.1 Å². The van der Waals surface area contributed by atoms with Crippen molar-refractivity contribution >= 4 is 17.3 Å². The van der Waals surface area contributed by atoms with Gasteiger partial charge < -0.3 is 15.1 Å². The highest BCUT2D eigenvalue weighted by atomic mass is 16.1. The zero-order valence-corrected chi connectivity index (χ0v) is 14.4. The molecule has 1 aromatic rings. The predicted molar refractivity (Wildman–Crippen MR) is 95.9 cm³/mol. The Hall–Kier alpha value is -1.55. The van der Waals surface area contributed by atoms with Gasteiger partial charge in [0.15, 0.2) is 0 Å². The van der Waals surface area contributed by atoms with Crippen LogP contribution >= 0.6 is 0 Å². The lowest BCUT2D eigenvalue weighted by atomic mass is 9.85. The summed E-state index contributed by atoms with van der Waals surface area (Å²) in [6.07, 6.45) is 5.81. The topological polar surface area (TPSA) is 35.6 Å². The van der Waals surface area contributed by atoms with Crippen LogP contribution in [0.25, 0.3) is 0 Å². The van der Waals surface area contributed by atoms with Gasteiger partial charge in [-0.2, -0.15) is 0 Å². The third-order valence-electron chi connectivity index (χ3n) is 5.21. The molecule has 0 bridgehead atoms. The van der Waals surface area contributed by atoms with Crippen LogP contribution < -0.4 is 10.2 Å². The molecule has 2 aliphatic rings. The summed E-state index contributed by atoms with van der Waals surface area (Å²) < 4.78 is 0. The molecule has 4 nitrogen and oxygen atoms in total. The van der Waals surface area contributed by atoms with Crippen molar-refractivity contribution in [2.45, 2.75) is 32.1 Å². The molecular formula is C19H29N3O. The monoisotopic (exact) mass is 315 g/mol. The number of anilines is 2. The van der Waals surface area contributed by atoms with E-state index < -0.39 is 0 Å². The van der Waals surface area contributed by atoms with Gasteiger partial charge in [0.25, 0.3) is 0 Å². The smallest absolute Gasteiger partial charge is 0.227 e. The number of hydrogen-bond acceptors (Lipinski definition) is 3. The van der Waals surface area contributed by atoms with E-state index >= 15 is 0 Å². The van der Waals surface area contributed by atoms with Crippen LogP contribution in [0.15, 0.2) is 24.3 Å². The van der Waals surface area contributed by atoms with Gasteiger partial charge in [-0.1, -0.05) is 6.42 Å². The van der Waals surface area contributed by atoms with Gasteiger partial charge in [0.1, 0.15) is 0 Å². The number of hydrogen-bond donors (Lipinski definition) is 1. The van der Waals surface area contributed by atoms with Crippen LogP contribution in [0.4, 0.5) is 11.4 Å². The summed E-state index contributed by atoms with van der Waals surface area (Å²) in [5.74, 6) is 1.25. The van der Waals surface area contributed by atoms with Crippen LogP contribution in [-0.2, 0) is 4.79 Å². The molecule has 1 aliphatic heterocycles. The summed E-state index contributed by atoms with van der Waals surface area (Å²) >= 11 is 0. The molecule has 0 atom stereocenters. The molecule has 1 N–H and O–H groups in total. The summed E-state index contributed by atoms with van der Waals surface area (Å²) in [7, 11) is 4.31. The van der Waals surface area contributed by atoms with Crippen molar-refractivity contribution in [3.05, 3.63) is 24.3 Å². The molecule has 126 valence electrons. The lowest BCUT2D eigenvalue weighted by Crippen LogP contribution is -2.37. The quantitative estimate of drug-likeness (QED) is 0.906. The van der Waals surface area contributed by atoms with E-state index in [1.54, 1.807) is 0 Å². The van der Waals surface area contributed by atoms with Crippen molar-refractivity contribution in [1.29, 1.82) is 0 Å². The van der Waals surface area contributed by atoms with Crippen molar-refractivity contribution in [3.8, 4) is 0 Å². The Morgan fingerprint density at radius 2 is 1.78 bits per heavy atom. The fourth-order valence-electron chi connectivity index (χ4n) is 3.56. The summed E-state index contributed by atoms with van der Waals surface area (Å²) in [6, 6.07) is 8.36. The standard InChI is InChI=1S/C19H29N3O/c1-21(2)14-15-10-12-22(13-11-15)18-8-6-17(7-9-18)20-19(23)16-4-3-5-16/h6-9,15-16H,3-5,10-14H2,1-2H3,(H,20,23). The van der Waals surface area contributed by atoms with Crippen molar-refractivity contribution < 1.29 is 4.79 Å². The second-order valence-electron chi connectivity index (χ2n) is 7.36. The number of rotatable bonds is 5. The van der Waals surface area contributed by atoms with E-state index in [1.165, 1.54) is 31.5 Å². The minimum absolute atomic E-state index is 0.188. The van der Waals surface area contributed by atoms with Gasteiger partial charge >= 0.3 is 0 Å². The second-order valence-corrected chi connectivity index (χ2v) is 7.36. The predicted octanol–water partition coefficient (Wildman–Crippen LogP) is 3.20. The van der Waals surface area contributed by atoms with Crippen molar-refractivity contribution in [2.75, 3.05) is 43.9 Å². The third-order valence-corrected chi connectivity index (χ3v) is 5.21. The largest absolute Gasteiger partial charge is 0.372 e. The van der Waals surface area contributed by atoms with Crippen LogP contribution in [0.1, 0.15) is 32.1 Å². The highest BCUT2D eigenvalue weighted by Gasteiger charge is 2.25. The lowest BCUT2D eigenvalue weighted by molar-refractivity contribution is -0.122. The number of nitrogens with one attached hydrogen (secondary N) is 1. The van der Waals surface area contributed by atoms with Gasteiger partial charge in [0.2, 0.25) is 5.91 Å². The molecule has 1 amide bonds. The van der Waals surface area contributed by atoms with Crippen molar-refractivity contribution in [3.63, 3.8) is 0 Å². The Labute approximate surface area is 139 Å². The zero-order valence-electron chi connectivity index (χ0n) is 14.4. The number of benzene rings is 1. The van der Waals surface area contributed by atoms with E-state index in [2.05, 4.69) is 41.3 Å². The van der Waals surface area contributed by atoms with E-state index in [0.717, 1.165) is 37.5 Å². The SMILES string of the molecule is CN(C)CC1CCN(c2ccc(NC(=O)C3CCC3)cc2)CC1. The Bertz CT molecular complexity index is 514. The summed E-state index contributed by atoms with van der Waals surface area (Å²) in [6.45, 7) is 3.46. The van der Waals surface area contributed by atoms with Crippen LogP contribution in [0.2, 0.25) is 0 Å². The highest BCUT2D eigenvalue weighted by Crippen LogP contribution is 2.28. The van der Waals surface area contributed by atoms with Crippen LogP contribution in [-0.4, -0.2) is 44.5 Å². The zero-order chi connectivity index (χ0) is 16.2. The molecule has 3 rings (SSSR count). The maximum Gasteiger partial charge on any atom is 0.227 e. The van der Waals surface area contributed by atoms with Crippen molar-refractivity contribution in [2.24, 2.45) is 11.8 Å². The Balaban J connectivity index is 1.50. The van der Waals surface area contributed by atoms with E-state index in [4.69, 9.17) is 0 Å². The molecule has 0 spiro atoms. The maximum atomic E-state index is 12.0. The van der Waals surface area contributed by atoms with E-state index in [0.29, 0.717) is 0 Å². The summed E-state index contributed by atoms with van der Waals surface area (Å²) in [4.78, 5) is 16.7. The first kappa shape index (κ1) is 16.3. The molecular weight excluding hydrogens is 286 g/mol. The van der Waals surface area contributed by atoms with Gasteiger partial charge in [-0.15, -0.1) is 0 Å². The van der Waals surface area contributed by atoms with E-state index in [9.17, 15) is 4.79 Å². The van der Waals surface area contributed by atoms with Crippen LogP contribution in [0, 0.1) is 11.8 Å². The average Bonchev–Trinajstić information content (AvgIpc) is 2.46. The number of carbonyl (C=O) groups is 1. The molecule has 1 saturated carbocycles. The molecule has 0 aromatic heterocycles. The molecule has 23 heavy (non-hydrogen) atoms. The van der Waals surface area contributed by atoms with Gasteiger partial charge in [-0.3, -0.25) is 4.79 Å². The first-order valence-electron chi connectivity index (χ1n) is 8.92. The van der Waals surface area contributed by atoms with Gasteiger partial charge in [-0.25, -0.2) is 0 Å². The highest BCUT2D eigenvalue weighted by molar-refractivity contribution is 5.93. The summed E-state index contributed by atoms with van der Waals surface area (Å²) in [5.41, 5.74) is 2.20. The molecule has 1 aromatic carbocycles. The molecule has 0 radical (unpaired) electrons. The van der Waals surface area contributed by atoms with Gasteiger partial charge in [-0.05, 0) is 70.0 Å². The molecule has 1 saturated heterocycles. The number of amides is 1. The van der Waals surface area contributed by atoms with E-state index in [-0.39, 0.29) is 11.8 Å². The molecule has 0 unspecified atom stereocenters. The minimum Gasteiger partial charge on any atom is -0.372 e. The molecule has 1 heterocycles. The Kier molecular flexibility index (Phi) is 5.21. The average molecular weight is 315 g/mol. The first-order chi connectivity index (χ1) is 11.1.